The summed E-state index contributed by atoms with van der Waals surface area (Å²) in [6.07, 6.45) is 8.67. The number of nitrogens with zero attached hydrogens (tertiary/aromatic N) is 7. The highest BCUT2D eigenvalue weighted by molar-refractivity contribution is 5.78. The number of pyridine rings is 1. The van der Waals surface area contributed by atoms with Crippen LogP contribution in [0.5, 0.6) is 0 Å². The Bertz CT molecular complexity index is 1200. The van der Waals surface area contributed by atoms with E-state index >= 15 is 0 Å². The number of carbonyl (C=O) groups is 1. The van der Waals surface area contributed by atoms with Crippen molar-refractivity contribution < 1.29 is 4.79 Å². The van der Waals surface area contributed by atoms with Crippen LogP contribution in [0.4, 0.5) is 17.6 Å². The molecule has 0 spiro atoms. The Morgan fingerprint density at radius 1 is 1.11 bits per heavy atom. The van der Waals surface area contributed by atoms with Gasteiger partial charge in [-0.3, -0.25) is 4.79 Å². The van der Waals surface area contributed by atoms with Crippen LogP contribution in [0.25, 0.3) is 5.65 Å². The quantitative estimate of drug-likeness (QED) is 0.357. The molecule has 1 amide bonds. The Hall–Kier alpha value is -3.47. The minimum Gasteiger partial charge on any atom is -0.380 e. The number of anilines is 3. The van der Waals surface area contributed by atoms with Gasteiger partial charge in [0.2, 0.25) is 11.9 Å². The van der Waals surface area contributed by atoms with Crippen LogP contribution in [0.2, 0.25) is 0 Å². The zero-order chi connectivity index (χ0) is 26.4. The van der Waals surface area contributed by atoms with E-state index in [9.17, 15) is 4.79 Å². The lowest BCUT2D eigenvalue weighted by atomic mass is 10.1. The summed E-state index contributed by atoms with van der Waals surface area (Å²) in [5, 5.41) is 11.1. The molecular weight excluding hydrogens is 468 g/mol. The van der Waals surface area contributed by atoms with Crippen molar-refractivity contribution in [2.75, 3.05) is 55.7 Å². The van der Waals surface area contributed by atoms with Gasteiger partial charge in [-0.05, 0) is 37.9 Å². The van der Waals surface area contributed by atoms with Crippen molar-refractivity contribution in [1.29, 1.82) is 0 Å². The summed E-state index contributed by atoms with van der Waals surface area (Å²) < 4.78 is 1.80. The number of rotatable bonds is 11. The fourth-order valence-electron chi connectivity index (χ4n) is 4.99. The summed E-state index contributed by atoms with van der Waals surface area (Å²) in [6.45, 7) is 9.80. The number of hydrogen-bond acceptors (Lipinski definition) is 9. The predicted octanol–water partition coefficient (Wildman–Crippen LogP) is 2.25. The maximum Gasteiger partial charge on any atom is 0.243 e. The number of imidazole rings is 1. The number of piperazine rings is 1. The average Bonchev–Trinajstić information content (AvgIpc) is 3.28. The maximum absolute atomic E-state index is 12.2. The molecule has 0 radical (unpaired) electrons. The molecule has 0 aromatic carbocycles. The molecule has 1 aliphatic heterocycles. The lowest BCUT2D eigenvalue weighted by Gasteiger charge is -2.36. The maximum atomic E-state index is 12.2. The Balaban J connectivity index is 1.48. The molecule has 11 heteroatoms. The molecule has 3 aromatic rings. The monoisotopic (exact) mass is 508 g/mol. The molecule has 11 nitrogen and oxygen atoms in total. The van der Waals surface area contributed by atoms with Gasteiger partial charge in [0.1, 0.15) is 5.82 Å². The van der Waals surface area contributed by atoms with Crippen LogP contribution in [0.3, 0.4) is 0 Å². The van der Waals surface area contributed by atoms with Crippen molar-refractivity contribution in [3.63, 3.8) is 0 Å². The first kappa shape index (κ1) is 26.6. The zero-order valence-corrected chi connectivity index (χ0v) is 22.5. The Morgan fingerprint density at radius 3 is 2.49 bits per heavy atom. The van der Waals surface area contributed by atoms with E-state index in [1.807, 2.05) is 17.3 Å². The molecule has 200 valence electrons. The fraction of sp³-hybridized carbons (Fsp3) is 0.577. The predicted molar refractivity (Wildman–Crippen MR) is 147 cm³/mol. The SMILES string of the molecule is CCCC(CCC)Nc1nc(N)c2ncc(Cc3cnc(N4CCN(C(=O)CNC)CC4)c(C)c3)n2n1. The molecule has 4 heterocycles. The first-order valence-corrected chi connectivity index (χ1v) is 13.3. The number of nitrogen functional groups attached to an aromatic ring is 1. The summed E-state index contributed by atoms with van der Waals surface area (Å²) in [5.41, 5.74) is 9.92. The number of likely N-dealkylation sites (N-methyl/N-ethyl adjacent to an activating group) is 1. The number of aromatic nitrogens is 5. The topological polar surface area (TPSA) is 130 Å². The second-order valence-corrected chi connectivity index (χ2v) is 9.78. The molecule has 0 atom stereocenters. The largest absolute Gasteiger partial charge is 0.380 e. The van der Waals surface area contributed by atoms with Gasteiger partial charge in [0, 0.05) is 44.8 Å². The van der Waals surface area contributed by atoms with Crippen molar-refractivity contribution in [3.05, 3.63) is 35.3 Å². The van der Waals surface area contributed by atoms with Crippen LogP contribution < -0.4 is 21.3 Å². The van der Waals surface area contributed by atoms with Crippen LogP contribution in [0, 0.1) is 6.92 Å². The smallest absolute Gasteiger partial charge is 0.243 e. The highest BCUT2D eigenvalue weighted by Gasteiger charge is 2.22. The summed E-state index contributed by atoms with van der Waals surface area (Å²) in [7, 11) is 1.80. The molecule has 1 saturated heterocycles. The highest BCUT2D eigenvalue weighted by Crippen LogP contribution is 2.22. The van der Waals surface area contributed by atoms with Crippen LogP contribution >= 0.6 is 0 Å². The Labute approximate surface area is 218 Å². The van der Waals surface area contributed by atoms with Crippen LogP contribution in [-0.2, 0) is 11.2 Å². The van der Waals surface area contributed by atoms with Gasteiger partial charge in [-0.2, -0.15) is 4.98 Å². The molecule has 0 aliphatic carbocycles. The number of fused-ring (bicyclic) bond motifs is 1. The summed E-state index contributed by atoms with van der Waals surface area (Å²) in [6, 6.07) is 2.49. The van der Waals surface area contributed by atoms with Gasteiger partial charge < -0.3 is 26.2 Å². The lowest BCUT2D eigenvalue weighted by molar-refractivity contribution is -0.130. The van der Waals surface area contributed by atoms with E-state index in [0.29, 0.717) is 49.5 Å². The first-order chi connectivity index (χ1) is 17.9. The second-order valence-electron chi connectivity index (χ2n) is 9.78. The van der Waals surface area contributed by atoms with E-state index in [2.05, 4.69) is 52.3 Å². The molecule has 3 aromatic heterocycles. The summed E-state index contributed by atoms with van der Waals surface area (Å²) in [5.74, 6) is 2.02. The molecular formula is C26H40N10O. The molecule has 0 saturated carbocycles. The third-order valence-corrected chi connectivity index (χ3v) is 6.82. The summed E-state index contributed by atoms with van der Waals surface area (Å²) in [4.78, 5) is 30.0. The van der Waals surface area contributed by atoms with Gasteiger partial charge in [0.15, 0.2) is 11.5 Å². The average molecular weight is 509 g/mol. The molecule has 4 rings (SSSR count). The van der Waals surface area contributed by atoms with E-state index in [4.69, 9.17) is 15.8 Å². The molecule has 4 N–H and O–H groups in total. The Morgan fingerprint density at radius 2 is 1.84 bits per heavy atom. The third-order valence-electron chi connectivity index (χ3n) is 6.82. The van der Waals surface area contributed by atoms with E-state index < -0.39 is 0 Å². The van der Waals surface area contributed by atoms with Crippen LogP contribution in [0.1, 0.15) is 56.4 Å². The van der Waals surface area contributed by atoms with Crippen molar-refractivity contribution in [2.24, 2.45) is 0 Å². The number of aryl methyl sites for hydroxylation is 1. The van der Waals surface area contributed by atoms with Gasteiger partial charge >= 0.3 is 0 Å². The number of nitrogens with one attached hydrogen (secondary N) is 2. The van der Waals surface area contributed by atoms with Crippen LogP contribution in [0.15, 0.2) is 18.5 Å². The molecule has 1 fully saturated rings. The fourth-order valence-corrected chi connectivity index (χ4v) is 4.99. The van der Waals surface area contributed by atoms with Crippen molar-refractivity contribution >= 4 is 29.1 Å². The van der Waals surface area contributed by atoms with E-state index in [0.717, 1.165) is 61.4 Å². The Kier molecular flexibility index (Phi) is 8.75. The molecule has 0 bridgehead atoms. The molecule has 1 aliphatic rings. The normalized spacial score (nSPS) is 14.1. The van der Waals surface area contributed by atoms with Gasteiger partial charge in [-0.1, -0.05) is 32.8 Å². The van der Waals surface area contributed by atoms with Crippen molar-refractivity contribution in [3.8, 4) is 0 Å². The van der Waals surface area contributed by atoms with Crippen molar-refractivity contribution in [1.82, 2.24) is 34.8 Å². The van der Waals surface area contributed by atoms with Gasteiger partial charge in [-0.15, -0.1) is 5.10 Å². The van der Waals surface area contributed by atoms with Gasteiger partial charge in [-0.25, -0.2) is 14.5 Å². The number of amides is 1. The van der Waals surface area contributed by atoms with E-state index in [1.54, 1.807) is 11.6 Å². The number of hydrogen-bond donors (Lipinski definition) is 3. The standard InChI is InChI=1S/C26H40N10O/c1-5-7-20(8-6-2)31-26-32-23(27)25-30-16-21(36(25)33-26)14-19-13-18(3)24(29-15-19)35-11-9-34(10-12-35)22(37)17-28-4/h13,15-16,20,28H,5-12,14,17H2,1-4H3,(H3,27,31,32,33). The molecule has 0 unspecified atom stereocenters. The number of nitrogens with two attached hydrogens (primary N) is 1. The minimum atomic E-state index is 0.143. The first-order valence-electron chi connectivity index (χ1n) is 13.3. The highest BCUT2D eigenvalue weighted by atomic mass is 16.2. The van der Waals surface area contributed by atoms with E-state index in [-0.39, 0.29) is 5.91 Å². The van der Waals surface area contributed by atoms with Gasteiger partial charge in [0.25, 0.3) is 0 Å². The van der Waals surface area contributed by atoms with Crippen molar-refractivity contribution in [2.45, 2.75) is 58.9 Å². The summed E-state index contributed by atoms with van der Waals surface area (Å²) >= 11 is 0. The third kappa shape index (κ3) is 6.27. The number of carbonyl (C=O) groups excluding carboxylic acids is 1. The zero-order valence-electron chi connectivity index (χ0n) is 22.5. The second kappa shape index (κ2) is 12.2. The van der Waals surface area contributed by atoms with E-state index in [1.165, 1.54) is 0 Å². The molecule has 37 heavy (non-hydrogen) atoms. The lowest BCUT2D eigenvalue weighted by Crippen LogP contribution is -2.51. The minimum absolute atomic E-state index is 0.143. The van der Waals surface area contributed by atoms with Crippen LogP contribution in [-0.4, -0.2) is 81.2 Å². The van der Waals surface area contributed by atoms with Gasteiger partial charge in [0.05, 0.1) is 18.4 Å².